The Hall–Kier alpha value is -1.88. The van der Waals surface area contributed by atoms with E-state index in [4.69, 9.17) is 16.7 Å². The van der Waals surface area contributed by atoms with Gasteiger partial charge >= 0.3 is 0 Å². The summed E-state index contributed by atoms with van der Waals surface area (Å²) in [6.07, 6.45) is 0. The fraction of sp³-hybridized carbons (Fsp3) is 0.167. The lowest BCUT2D eigenvalue weighted by atomic mass is 10.2. The van der Waals surface area contributed by atoms with Crippen molar-refractivity contribution in [3.8, 4) is 5.69 Å². The van der Waals surface area contributed by atoms with Gasteiger partial charge in [-0.1, -0.05) is 40.3 Å². The van der Waals surface area contributed by atoms with Gasteiger partial charge in [-0.25, -0.2) is 13.4 Å². The number of hydrogen-bond donors (Lipinski definition) is 1. The predicted molar refractivity (Wildman–Crippen MR) is 84.8 cm³/mol. The minimum atomic E-state index is -3.95. The number of aliphatic hydroxyl groups is 1. The fourth-order valence-electron chi connectivity index (χ4n) is 1.95. The molecule has 8 nitrogen and oxygen atoms in total. The van der Waals surface area contributed by atoms with E-state index >= 15 is 0 Å². The van der Waals surface area contributed by atoms with Gasteiger partial charge in [0, 0.05) is 0 Å². The summed E-state index contributed by atoms with van der Waals surface area (Å²) in [4.78, 5) is 16.3. The number of rotatable bonds is 3. The van der Waals surface area contributed by atoms with Crippen LogP contribution in [0.15, 0.2) is 27.3 Å². The zero-order valence-corrected chi connectivity index (χ0v) is 14.0. The molecular formula is C12H9ClN4O4S2. The van der Waals surface area contributed by atoms with E-state index in [9.17, 15) is 13.2 Å². The van der Waals surface area contributed by atoms with Crippen LogP contribution in [-0.2, 0) is 9.84 Å². The van der Waals surface area contributed by atoms with Crippen molar-refractivity contribution in [1.82, 2.24) is 20.0 Å². The van der Waals surface area contributed by atoms with Crippen LogP contribution < -0.4 is 5.56 Å². The molecule has 23 heavy (non-hydrogen) atoms. The number of aliphatic hydroxyl groups excluding tert-OH is 1. The molecule has 3 aromatic rings. The molecule has 0 radical (unpaired) electrons. The van der Waals surface area contributed by atoms with Crippen molar-refractivity contribution >= 4 is 43.1 Å². The monoisotopic (exact) mass is 372 g/mol. The first kappa shape index (κ1) is 16.0. The molecule has 0 saturated heterocycles. The van der Waals surface area contributed by atoms with E-state index in [1.165, 1.54) is 0 Å². The Kier molecular flexibility index (Phi) is 3.92. The normalized spacial score (nSPS) is 12.0. The van der Waals surface area contributed by atoms with Crippen LogP contribution in [0.4, 0.5) is 0 Å². The summed E-state index contributed by atoms with van der Waals surface area (Å²) in [5, 5.41) is 16.8. The standard InChI is InChI=1S/C12H9ClN4O4S2/c1-6-3-2-4-7(13)8(6)17-11(19)9-10(15-16-17)14-12(22-9)23(20,21)5-18/h2-4,18H,5H2,1H3. The van der Waals surface area contributed by atoms with Crippen LogP contribution in [0, 0.1) is 6.92 Å². The second-order valence-corrected chi connectivity index (χ2v) is 8.13. The van der Waals surface area contributed by atoms with E-state index in [1.807, 2.05) is 0 Å². The van der Waals surface area contributed by atoms with E-state index in [2.05, 4.69) is 15.3 Å². The lowest BCUT2D eigenvalue weighted by molar-refractivity contribution is 0.358. The SMILES string of the molecule is Cc1cccc(Cl)c1-n1nnc2nc(S(=O)(=O)CO)sc2c1=O. The van der Waals surface area contributed by atoms with Crippen LogP contribution in [0.25, 0.3) is 16.0 Å². The maximum absolute atomic E-state index is 12.6. The number of sulfone groups is 1. The molecule has 0 bridgehead atoms. The molecule has 2 heterocycles. The van der Waals surface area contributed by atoms with E-state index in [0.29, 0.717) is 27.6 Å². The van der Waals surface area contributed by atoms with Gasteiger partial charge in [0.2, 0.25) is 19.8 Å². The Morgan fingerprint density at radius 2 is 2.13 bits per heavy atom. The first-order valence-corrected chi connectivity index (χ1v) is 9.05. The number of fused-ring (bicyclic) bond motifs is 1. The summed E-state index contributed by atoms with van der Waals surface area (Å²) in [5.74, 6) is -1.10. The molecule has 0 amide bonds. The molecule has 0 atom stereocenters. The molecule has 0 aliphatic carbocycles. The van der Waals surface area contributed by atoms with Gasteiger partial charge in [0.15, 0.2) is 5.94 Å². The van der Waals surface area contributed by atoms with Gasteiger partial charge in [-0.05, 0) is 18.6 Å². The summed E-state index contributed by atoms with van der Waals surface area (Å²) in [6.45, 7) is 1.76. The highest BCUT2D eigenvalue weighted by molar-refractivity contribution is 7.93. The van der Waals surface area contributed by atoms with Crippen LogP contribution in [0.5, 0.6) is 0 Å². The number of para-hydroxylation sites is 1. The molecule has 0 unspecified atom stereocenters. The van der Waals surface area contributed by atoms with E-state index in [0.717, 1.165) is 4.68 Å². The zero-order chi connectivity index (χ0) is 16.8. The van der Waals surface area contributed by atoms with Gasteiger partial charge < -0.3 is 5.11 Å². The smallest absolute Gasteiger partial charge is 0.294 e. The average molecular weight is 373 g/mol. The lowest BCUT2D eigenvalue weighted by Gasteiger charge is -2.08. The third-order valence-corrected chi connectivity index (χ3v) is 6.15. The van der Waals surface area contributed by atoms with Gasteiger partial charge in [0.1, 0.15) is 4.70 Å². The number of hydrogen-bond acceptors (Lipinski definition) is 8. The minimum Gasteiger partial charge on any atom is -0.380 e. The Balaban J connectivity index is 2.31. The molecule has 1 aromatic carbocycles. The van der Waals surface area contributed by atoms with Crippen LogP contribution >= 0.6 is 22.9 Å². The molecule has 3 rings (SSSR count). The third-order valence-electron chi connectivity index (χ3n) is 3.04. The molecule has 0 saturated carbocycles. The molecule has 1 N–H and O–H groups in total. The summed E-state index contributed by atoms with van der Waals surface area (Å²) in [7, 11) is -3.95. The predicted octanol–water partition coefficient (Wildman–Crippen LogP) is 0.923. The fourth-order valence-corrected chi connectivity index (χ4v) is 4.16. The van der Waals surface area contributed by atoms with E-state index < -0.39 is 21.3 Å². The molecule has 0 aliphatic heterocycles. The average Bonchev–Trinajstić information content (AvgIpc) is 2.95. The highest BCUT2D eigenvalue weighted by Gasteiger charge is 2.22. The van der Waals surface area contributed by atoms with E-state index in [-0.39, 0.29) is 14.7 Å². The second kappa shape index (κ2) is 5.64. The quantitative estimate of drug-likeness (QED) is 0.726. The first-order chi connectivity index (χ1) is 10.8. The van der Waals surface area contributed by atoms with Crippen molar-refractivity contribution in [2.75, 3.05) is 5.94 Å². The number of aryl methyl sites for hydroxylation is 1. The van der Waals surface area contributed by atoms with Crippen LogP contribution in [0.3, 0.4) is 0 Å². The Morgan fingerprint density at radius 3 is 2.78 bits per heavy atom. The van der Waals surface area contributed by atoms with Gasteiger partial charge in [0.25, 0.3) is 5.56 Å². The molecule has 2 aromatic heterocycles. The largest absolute Gasteiger partial charge is 0.380 e. The highest BCUT2D eigenvalue weighted by atomic mass is 35.5. The second-order valence-electron chi connectivity index (χ2n) is 4.59. The number of nitrogens with zero attached hydrogens (tertiary/aromatic N) is 4. The van der Waals surface area contributed by atoms with Crippen molar-refractivity contribution in [3.05, 3.63) is 39.1 Å². The summed E-state index contributed by atoms with van der Waals surface area (Å²) in [6, 6.07) is 5.10. The maximum atomic E-state index is 12.6. The minimum absolute atomic E-state index is 0.0198. The van der Waals surface area contributed by atoms with Crippen molar-refractivity contribution in [1.29, 1.82) is 0 Å². The summed E-state index contributed by atoms with van der Waals surface area (Å²) < 4.78 is 24.0. The van der Waals surface area contributed by atoms with Crippen LogP contribution in [0.2, 0.25) is 5.02 Å². The van der Waals surface area contributed by atoms with Crippen molar-refractivity contribution < 1.29 is 13.5 Å². The maximum Gasteiger partial charge on any atom is 0.294 e. The lowest BCUT2D eigenvalue weighted by Crippen LogP contribution is -2.22. The zero-order valence-electron chi connectivity index (χ0n) is 11.6. The summed E-state index contributed by atoms with van der Waals surface area (Å²) >= 11 is 6.76. The Morgan fingerprint density at radius 1 is 1.39 bits per heavy atom. The number of thiazole rings is 1. The molecule has 0 spiro atoms. The highest BCUT2D eigenvalue weighted by Crippen LogP contribution is 2.24. The Bertz CT molecular complexity index is 1050. The third kappa shape index (κ3) is 2.63. The van der Waals surface area contributed by atoms with Crippen molar-refractivity contribution in [2.45, 2.75) is 11.3 Å². The molecule has 0 aliphatic rings. The van der Waals surface area contributed by atoms with Gasteiger partial charge in [-0.15, -0.1) is 5.10 Å². The van der Waals surface area contributed by atoms with Crippen molar-refractivity contribution in [2.24, 2.45) is 0 Å². The summed E-state index contributed by atoms with van der Waals surface area (Å²) in [5.41, 5.74) is 0.408. The first-order valence-electron chi connectivity index (χ1n) is 6.21. The molecular weight excluding hydrogens is 364 g/mol. The molecule has 120 valence electrons. The number of benzene rings is 1. The van der Waals surface area contributed by atoms with Crippen LogP contribution in [0.1, 0.15) is 5.56 Å². The number of aromatic nitrogens is 4. The molecule has 0 fully saturated rings. The van der Waals surface area contributed by atoms with Gasteiger partial charge in [0.05, 0.1) is 10.7 Å². The van der Waals surface area contributed by atoms with Gasteiger partial charge in [-0.2, -0.15) is 4.68 Å². The van der Waals surface area contributed by atoms with Crippen LogP contribution in [-0.4, -0.2) is 39.4 Å². The topological polar surface area (TPSA) is 115 Å². The van der Waals surface area contributed by atoms with Gasteiger partial charge in [-0.3, -0.25) is 4.79 Å². The number of halogens is 1. The van der Waals surface area contributed by atoms with Crippen molar-refractivity contribution in [3.63, 3.8) is 0 Å². The van der Waals surface area contributed by atoms with E-state index in [1.54, 1.807) is 25.1 Å². The molecule has 11 heteroatoms. The Labute approximate surface area is 138 Å².